The molecule has 13 nitrogen and oxygen atoms in total. The maximum atomic E-state index is 14.1. The van der Waals surface area contributed by atoms with Crippen LogP contribution in [0.5, 0.6) is 11.5 Å². The van der Waals surface area contributed by atoms with Gasteiger partial charge in [0, 0.05) is 39.3 Å². The smallest absolute Gasteiger partial charge is 0.247 e. The van der Waals surface area contributed by atoms with E-state index in [0.717, 1.165) is 6.07 Å². The quantitative estimate of drug-likeness (QED) is 0.402. The summed E-state index contributed by atoms with van der Waals surface area (Å²) in [5.41, 5.74) is 0. The van der Waals surface area contributed by atoms with Crippen molar-refractivity contribution in [1.82, 2.24) is 12.9 Å². The van der Waals surface area contributed by atoms with Gasteiger partial charge in [-0.05, 0) is 84.0 Å². The largest absolute Gasteiger partial charge is 0.456 e. The molecule has 3 aliphatic rings. The Kier molecular flexibility index (Phi) is 10.2. The van der Waals surface area contributed by atoms with Gasteiger partial charge in [-0.25, -0.2) is 25.3 Å². The Labute approximate surface area is 272 Å². The Bertz CT molecular complexity index is 1710. The zero-order valence-electron chi connectivity index (χ0n) is 26.9. The van der Waals surface area contributed by atoms with Gasteiger partial charge in [0.1, 0.15) is 16.4 Å². The summed E-state index contributed by atoms with van der Waals surface area (Å²) in [6.45, 7) is 11.6. The molecular formula is C30H43N3O10S3. The second-order valence-electron chi connectivity index (χ2n) is 12.4. The highest BCUT2D eigenvalue weighted by atomic mass is 32.2. The van der Waals surface area contributed by atoms with Crippen LogP contribution in [0.3, 0.4) is 0 Å². The number of sulfonamides is 3. The van der Waals surface area contributed by atoms with Gasteiger partial charge in [-0.15, -0.1) is 0 Å². The van der Waals surface area contributed by atoms with Crippen molar-refractivity contribution in [1.29, 1.82) is 0 Å². The average molecular weight is 702 g/mol. The molecular weight excluding hydrogens is 659 g/mol. The van der Waals surface area contributed by atoms with Gasteiger partial charge in [-0.2, -0.15) is 12.9 Å². The van der Waals surface area contributed by atoms with Gasteiger partial charge in [-0.3, -0.25) is 0 Å². The van der Waals surface area contributed by atoms with E-state index in [9.17, 15) is 25.3 Å². The molecule has 3 saturated heterocycles. The molecule has 3 heterocycles. The number of hydrogen-bond acceptors (Lipinski definition) is 10. The van der Waals surface area contributed by atoms with E-state index < -0.39 is 30.1 Å². The Morgan fingerprint density at radius 1 is 0.522 bits per heavy atom. The van der Waals surface area contributed by atoms with Crippen LogP contribution in [0.2, 0.25) is 0 Å². The first-order valence-electron chi connectivity index (χ1n) is 15.4. The van der Waals surface area contributed by atoms with E-state index in [-0.39, 0.29) is 102 Å². The van der Waals surface area contributed by atoms with Crippen molar-refractivity contribution in [2.75, 3.05) is 39.3 Å². The molecule has 3 fully saturated rings. The lowest BCUT2D eigenvalue weighted by Crippen LogP contribution is -2.48. The molecule has 16 heteroatoms. The Hall–Kier alpha value is -2.15. The summed E-state index contributed by atoms with van der Waals surface area (Å²) in [5, 5.41) is 0. The predicted octanol–water partition coefficient (Wildman–Crippen LogP) is 2.87. The van der Waals surface area contributed by atoms with Crippen molar-refractivity contribution in [2.45, 2.75) is 92.9 Å². The molecule has 5 rings (SSSR count). The summed E-state index contributed by atoms with van der Waals surface area (Å²) in [6, 6.07) is 9.45. The first-order valence-corrected chi connectivity index (χ1v) is 19.7. The molecule has 0 N–H and O–H groups in total. The van der Waals surface area contributed by atoms with Gasteiger partial charge in [0.25, 0.3) is 0 Å². The van der Waals surface area contributed by atoms with Crippen molar-refractivity contribution in [3.8, 4) is 11.5 Å². The summed E-state index contributed by atoms with van der Waals surface area (Å²) in [5.74, 6) is 0.0789. The maximum absolute atomic E-state index is 14.1. The summed E-state index contributed by atoms with van der Waals surface area (Å²) < 4.78 is 109. The predicted molar refractivity (Wildman–Crippen MR) is 169 cm³/mol. The third-order valence-corrected chi connectivity index (χ3v) is 13.5. The number of morpholine rings is 3. The summed E-state index contributed by atoms with van der Waals surface area (Å²) in [7, 11) is -12.2. The highest BCUT2D eigenvalue weighted by Crippen LogP contribution is 2.36. The monoisotopic (exact) mass is 701 g/mol. The molecule has 0 saturated carbocycles. The van der Waals surface area contributed by atoms with Crippen LogP contribution >= 0.6 is 0 Å². The third-order valence-electron chi connectivity index (χ3n) is 8.02. The number of benzene rings is 2. The molecule has 46 heavy (non-hydrogen) atoms. The highest BCUT2D eigenvalue weighted by Gasteiger charge is 2.38. The molecule has 2 aromatic carbocycles. The van der Waals surface area contributed by atoms with Gasteiger partial charge in [-0.1, -0.05) is 0 Å². The Morgan fingerprint density at radius 2 is 0.870 bits per heavy atom. The molecule has 0 aromatic heterocycles. The minimum absolute atomic E-state index is 0.0562. The zero-order valence-corrected chi connectivity index (χ0v) is 29.3. The molecule has 0 aliphatic carbocycles. The number of nitrogens with zero attached hydrogens (tertiary/aromatic N) is 3. The van der Waals surface area contributed by atoms with Gasteiger partial charge >= 0.3 is 0 Å². The zero-order chi connectivity index (χ0) is 33.6. The highest BCUT2D eigenvalue weighted by molar-refractivity contribution is 7.90. The van der Waals surface area contributed by atoms with Crippen LogP contribution in [0.25, 0.3) is 0 Å². The molecule has 3 aliphatic heterocycles. The second kappa shape index (κ2) is 13.4. The lowest BCUT2D eigenvalue weighted by atomic mass is 10.3. The topological polar surface area (TPSA) is 149 Å². The molecule has 0 spiro atoms. The standard InChI is InChI=1S/C30H43N3O10S3/c1-20-14-31(15-21(2)40-20)44(34,35)27-9-7-26(8-10-27)43-29-12-11-28(45(36,37)32-16-22(3)41-23(4)17-32)13-30(29)46(38,39)33-18-24(5)42-25(6)19-33/h7-13,20-25H,14-19H2,1-6H3/t20-,21+,22-,23+,24-,25-/m0/s1. The van der Waals surface area contributed by atoms with Crippen LogP contribution in [0, 0.1) is 0 Å². The molecule has 2 aromatic rings. The first-order chi connectivity index (χ1) is 21.5. The summed E-state index contributed by atoms with van der Waals surface area (Å²) in [6.07, 6.45) is -1.91. The second-order valence-corrected chi connectivity index (χ2v) is 18.2. The van der Waals surface area contributed by atoms with Crippen LogP contribution in [0.15, 0.2) is 57.2 Å². The minimum Gasteiger partial charge on any atom is -0.456 e. The van der Waals surface area contributed by atoms with Crippen LogP contribution in [-0.2, 0) is 44.3 Å². The van der Waals surface area contributed by atoms with E-state index in [1.54, 1.807) is 27.7 Å². The van der Waals surface area contributed by atoms with E-state index >= 15 is 0 Å². The van der Waals surface area contributed by atoms with E-state index in [0.29, 0.717) is 0 Å². The fourth-order valence-corrected chi connectivity index (χ4v) is 11.2. The Balaban J connectivity index is 1.49. The third kappa shape index (κ3) is 7.45. The van der Waals surface area contributed by atoms with E-state index in [2.05, 4.69) is 0 Å². The van der Waals surface area contributed by atoms with Gasteiger partial charge in [0.15, 0.2) is 0 Å². The van der Waals surface area contributed by atoms with Crippen LogP contribution < -0.4 is 4.74 Å². The lowest BCUT2D eigenvalue weighted by molar-refractivity contribution is -0.0442. The van der Waals surface area contributed by atoms with Crippen LogP contribution in [0.4, 0.5) is 0 Å². The number of ether oxygens (including phenoxy) is 4. The number of hydrogen-bond donors (Lipinski definition) is 0. The van der Waals surface area contributed by atoms with E-state index in [1.807, 2.05) is 13.8 Å². The van der Waals surface area contributed by atoms with Crippen molar-refractivity contribution >= 4 is 30.1 Å². The molecule has 0 radical (unpaired) electrons. The van der Waals surface area contributed by atoms with Crippen molar-refractivity contribution in [2.24, 2.45) is 0 Å². The fraction of sp³-hybridized carbons (Fsp3) is 0.600. The van der Waals surface area contributed by atoms with Crippen LogP contribution in [0.1, 0.15) is 41.5 Å². The average Bonchev–Trinajstić information content (AvgIpc) is 2.96. The molecule has 0 bridgehead atoms. The fourth-order valence-electron chi connectivity index (χ4n) is 6.16. The summed E-state index contributed by atoms with van der Waals surface area (Å²) in [4.78, 5) is -0.456. The maximum Gasteiger partial charge on any atom is 0.247 e. The number of rotatable bonds is 8. The molecule has 0 unspecified atom stereocenters. The van der Waals surface area contributed by atoms with Crippen molar-refractivity contribution < 1.29 is 44.2 Å². The van der Waals surface area contributed by atoms with E-state index in [1.165, 1.54) is 49.3 Å². The van der Waals surface area contributed by atoms with E-state index in [4.69, 9.17) is 18.9 Å². The summed E-state index contributed by atoms with van der Waals surface area (Å²) >= 11 is 0. The SMILES string of the molecule is C[C@@H]1CN(S(=O)(=O)c2ccc(Oc3ccc(S(=O)(=O)N4C[C@@H](C)O[C@@H](C)C4)cc3S(=O)(=O)N3C[C@H](C)O[C@@H](C)C3)cc2)C[C@H](C)O1. The molecule has 6 atom stereocenters. The molecule has 0 amide bonds. The lowest BCUT2D eigenvalue weighted by Gasteiger charge is -2.35. The first kappa shape index (κ1) is 35.2. The molecule has 256 valence electrons. The minimum atomic E-state index is -4.26. The van der Waals surface area contributed by atoms with Crippen LogP contribution in [-0.4, -0.2) is 114 Å². The van der Waals surface area contributed by atoms with Gasteiger partial charge < -0.3 is 18.9 Å². The Morgan fingerprint density at radius 3 is 1.28 bits per heavy atom. The van der Waals surface area contributed by atoms with Gasteiger partial charge in [0.05, 0.1) is 46.4 Å². The van der Waals surface area contributed by atoms with Gasteiger partial charge in [0.2, 0.25) is 30.1 Å². The van der Waals surface area contributed by atoms with Crippen molar-refractivity contribution in [3.63, 3.8) is 0 Å². The normalized spacial score (nSPS) is 29.4. The van der Waals surface area contributed by atoms with Crippen molar-refractivity contribution in [3.05, 3.63) is 42.5 Å².